The van der Waals surface area contributed by atoms with Crippen molar-refractivity contribution in [2.75, 3.05) is 11.1 Å². The average molecular weight is 472 g/mol. The van der Waals surface area contributed by atoms with Gasteiger partial charge in [-0.25, -0.2) is 4.99 Å². The van der Waals surface area contributed by atoms with E-state index in [1.54, 1.807) is 23.5 Å². The molecule has 0 spiro atoms. The number of nitrogens with zero attached hydrogens (tertiary/aromatic N) is 3. The lowest BCUT2D eigenvalue weighted by Crippen LogP contribution is -2.27. The molecule has 0 saturated heterocycles. The average Bonchev–Trinajstić information content (AvgIpc) is 3.06. The molecule has 4 nitrogen and oxygen atoms in total. The molecule has 3 heterocycles. The first-order valence-electron chi connectivity index (χ1n) is 8.29. The lowest BCUT2D eigenvalue weighted by molar-refractivity contribution is 0.519. The van der Waals surface area contributed by atoms with Crippen molar-refractivity contribution in [3.05, 3.63) is 69.7 Å². The van der Waals surface area contributed by atoms with Gasteiger partial charge in [0, 0.05) is 22.2 Å². The van der Waals surface area contributed by atoms with Gasteiger partial charge in [0.2, 0.25) is 0 Å². The van der Waals surface area contributed by atoms with Gasteiger partial charge in [0.05, 0.1) is 18.8 Å². The van der Waals surface area contributed by atoms with Crippen molar-refractivity contribution in [3.8, 4) is 0 Å². The maximum Gasteiger partial charge on any atom is 0.173 e. The molecule has 3 aliphatic rings. The number of hydrogen-bond donors (Lipinski definition) is 1. The number of aliphatic imine (C=N–C) groups is 2. The third-order valence-electron chi connectivity index (χ3n) is 4.47. The number of fused-ring (bicyclic) bond motifs is 3. The Hall–Kier alpha value is -1.31. The second kappa shape index (κ2) is 9.01. The van der Waals surface area contributed by atoms with Gasteiger partial charge in [-0.1, -0.05) is 53.3 Å². The molecule has 1 N–H and O–H groups in total. The Morgan fingerprint density at radius 2 is 2.00 bits per heavy atom. The van der Waals surface area contributed by atoms with Gasteiger partial charge in [-0.15, -0.1) is 24.8 Å². The SMILES string of the molecule is Cl.Cl.Clc1ccc2c(c1)CN1C(CSC3=NCc4ccccc4N3)=CSC1=N2. The third-order valence-corrected chi connectivity index (χ3v) is 6.57. The van der Waals surface area contributed by atoms with Crippen LogP contribution in [0.1, 0.15) is 11.1 Å². The zero-order valence-corrected chi connectivity index (χ0v) is 18.6. The summed E-state index contributed by atoms with van der Waals surface area (Å²) in [5.74, 6) is 0.857. The molecule has 28 heavy (non-hydrogen) atoms. The first-order chi connectivity index (χ1) is 12.8. The van der Waals surface area contributed by atoms with Crippen LogP contribution in [0, 0.1) is 0 Å². The van der Waals surface area contributed by atoms with E-state index < -0.39 is 0 Å². The minimum atomic E-state index is 0. The van der Waals surface area contributed by atoms with Gasteiger partial charge < -0.3 is 10.2 Å². The molecule has 0 bridgehead atoms. The van der Waals surface area contributed by atoms with E-state index in [9.17, 15) is 0 Å². The first kappa shape index (κ1) is 21.4. The highest BCUT2D eigenvalue weighted by molar-refractivity contribution is 8.17. The number of thioether (sulfide) groups is 2. The molecular formula is C19H17Cl3N4S2. The number of anilines is 1. The molecule has 0 radical (unpaired) electrons. The summed E-state index contributed by atoms with van der Waals surface area (Å²) in [4.78, 5) is 11.7. The largest absolute Gasteiger partial charge is 0.335 e. The number of benzene rings is 2. The Morgan fingerprint density at radius 3 is 2.89 bits per heavy atom. The highest BCUT2D eigenvalue weighted by Crippen LogP contribution is 2.38. The number of amidine groups is 2. The van der Waals surface area contributed by atoms with E-state index in [2.05, 4.69) is 44.9 Å². The van der Waals surface area contributed by atoms with Gasteiger partial charge in [-0.2, -0.15) is 0 Å². The second-order valence-electron chi connectivity index (χ2n) is 6.17. The van der Waals surface area contributed by atoms with E-state index in [0.717, 1.165) is 45.6 Å². The van der Waals surface area contributed by atoms with Gasteiger partial charge in [-0.05, 0) is 40.8 Å². The zero-order chi connectivity index (χ0) is 17.5. The Bertz CT molecular complexity index is 991. The van der Waals surface area contributed by atoms with Gasteiger partial charge in [0.15, 0.2) is 10.3 Å². The van der Waals surface area contributed by atoms with Crippen LogP contribution in [0.2, 0.25) is 5.02 Å². The Morgan fingerprint density at radius 1 is 1.14 bits per heavy atom. The van der Waals surface area contributed by atoms with Crippen molar-refractivity contribution in [1.29, 1.82) is 0 Å². The van der Waals surface area contributed by atoms with E-state index in [-0.39, 0.29) is 24.8 Å². The van der Waals surface area contributed by atoms with Crippen molar-refractivity contribution >= 4 is 81.6 Å². The zero-order valence-electron chi connectivity index (χ0n) is 14.6. The highest BCUT2D eigenvalue weighted by atomic mass is 35.5. The molecule has 0 atom stereocenters. The van der Waals surface area contributed by atoms with Crippen LogP contribution in [0.4, 0.5) is 11.4 Å². The Kier molecular flexibility index (Phi) is 6.89. The van der Waals surface area contributed by atoms with Crippen LogP contribution >= 0.6 is 59.9 Å². The monoisotopic (exact) mass is 470 g/mol. The van der Waals surface area contributed by atoms with Crippen molar-refractivity contribution in [2.45, 2.75) is 13.1 Å². The number of nitrogens with one attached hydrogen (secondary N) is 1. The molecule has 0 aliphatic carbocycles. The van der Waals surface area contributed by atoms with Gasteiger partial charge in [-0.3, -0.25) is 4.99 Å². The number of para-hydroxylation sites is 1. The van der Waals surface area contributed by atoms with E-state index in [1.807, 2.05) is 18.2 Å². The number of rotatable bonds is 2. The summed E-state index contributed by atoms with van der Waals surface area (Å²) in [6.07, 6.45) is 0. The molecule has 0 aromatic heterocycles. The Labute approximate surface area is 189 Å². The summed E-state index contributed by atoms with van der Waals surface area (Å²) in [5, 5.41) is 8.39. The normalized spacial score (nSPS) is 16.2. The minimum Gasteiger partial charge on any atom is -0.335 e. The first-order valence-corrected chi connectivity index (χ1v) is 10.5. The van der Waals surface area contributed by atoms with E-state index >= 15 is 0 Å². The Balaban J connectivity index is 0.00000112. The maximum atomic E-state index is 6.15. The molecule has 0 unspecified atom stereocenters. The van der Waals surface area contributed by atoms with Crippen molar-refractivity contribution in [2.24, 2.45) is 9.98 Å². The van der Waals surface area contributed by atoms with E-state index in [4.69, 9.17) is 16.6 Å². The summed E-state index contributed by atoms with van der Waals surface area (Å²) in [7, 11) is 0. The number of hydrogen-bond acceptors (Lipinski definition) is 6. The molecule has 9 heteroatoms. The van der Waals surface area contributed by atoms with Gasteiger partial charge in [0.25, 0.3) is 0 Å². The summed E-state index contributed by atoms with van der Waals surface area (Å²) >= 11 is 9.56. The predicted octanol–water partition coefficient (Wildman–Crippen LogP) is 6.29. The third kappa shape index (κ3) is 4.16. The number of halogens is 3. The molecule has 0 fully saturated rings. The minimum absolute atomic E-state index is 0. The van der Waals surface area contributed by atoms with Crippen LogP contribution in [-0.2, 0) is 13.1 Å². The fourth-order valence-electron chi connectivity index (χ4n) is 3.12. The second-order valence-corrected chi connectivity index (χ2v) is 8.41. The fourth-order valence-corrected chi connectivity index (χ4v) is 5.19. The summed E-state index contributed by atoms with van der Waals surface area (Å²) in [6, 6.07) is 14.2. The fraction of sp³-hybridized carbons (Fsp3) is 0.158. The van der Waals surface area contributed by atoms with Crippen LogP contribution in [0.3, 0.4) is 0 Å². The molecule has 0 amide bonds. The maximum absolute atomic E-state index is 6.15. The smallest absolute Gasteiger partial charge is 0.173 e. The molecule has 146 valence electrons. The van der Waals surface area contributed by atoms with Crippen LogP contribution < -0.4 is 5.32 Å². The predicted molar refractivity (Wildman–Crippen MR) is 128 cm³/mol. The molecule has 5 rings (SSSR count). The van der Waals surface area contributed by atoms with Gasteiger partial charge in [0.1, 0.15) is 0 Å². The lowest BCUT2D eigenvalue weighted by Gasteiger charge is -2.27. The van der Waals surface area contributed by atoms with Gasteiger partial charge >= 0.3 is 0 Å². The standard InChI is InChI=1S/C19H15ClN4S2.2ClH/c20-14-5-6-17-13(7-14)9-24-15(11-26-19(24)23-17)10-25-18-21-8-12-3-1-2-4-16(12)22-18;;/h1-7,11H,8-10H2,(H,21,22);2*1H. The van der Waals surface area contributed by atoms with E-state index in [0.29, 0.717) is 0 Å². The molecule has 2 aromatic rings. The lowest BCUT2D eigenvalue weighted by atomic mass is 10.1. The van der Waals surface area contributed by atoms with Crippen LogP contribution in [0.5, 0.6) is 0 Å². The quantitative estimate of drug-likeness (QED) is 0.559. The van der Waals surface area contributed by atoms with Crippen LogP contribution in [0.15, 0.2) is 63.6 Å². The molecule has 2 aromatic carbocycles. The van der Waals surface area contributed by atoms with E-state index in [1.165, 1.54) is 16.8 Å². The molecular weight excluding hydrogens is 455 g/mol. The summed E-state index contributed by atoms with van der Waals surface area (Å²) in [5.41, 5.74) is 5.84. The topological polar surface area (TPSA) is 40.0 Å². The van der Waals surface area contributed by atoms with Crippen molar-refractivity contribution in [3.63, 3.8) is 0 Å². The van der Waals surface area contributed by atoms with Crippen molar-refractivity contribution in [1.82, 2.24) is 4.90 Å². The summed E-state index contributed by atoms with van der Waals surface area (Å²) in [6.45, 7) is 1.55. The summed E-state index contributed by atoms with van der Waals surface area (Å²) < 4.78 is 0. The highest BCUT2D eigenvalue weighted by Gasteiger charge is 2.28. The van der Waals surface area contributed by atoms with Crippen molar-refractivity contribution < 1.29 is 0 Å². The van der Waals surface area contributed by atoms with Crippen LogP contribution in [0.25, 0.3) is 0 Å². The van der Waals surface area contributed by atoms with Crippen LogP contribution in [-0.4, -0.2) is 21.0 Å². The molecule has 0 saturated carbocycles. The molecule has 3 aliphatic heterocycles.